The zero-order valence-electron chi connectivity index (χ0n) is 13.6. The monoisotopic (exact) mass is 347 g/mol. The van der Waals surface area contributed by atoms with E-state index in [1.807, 2.05) is 19.9 Å². The fourth-order valence-corrected chi connectivity index (χ4v) is 4.08. The summed E-state index contributed by atoms with van der Waals surface area (Å²) in [7, 11) is 0. The van der Waals surface area contributed by atoms with Crippen LogP contribution < -0.4 is 4.90 Å². The van der Waals surface area contributed by atoms with Crippen LogP contribution in [0.25, 0.3) is 0 Å². The summed E-state index contributed by atoms with van der Waals surface area (Å²) >= 11 is 1.41. The van der Waals surface area contributed by atoms with Crippen LogP contribution in [0.15, 0.2) is 17.0 Å². The average Bonchev–Trinajstić information content (AvgIpc) is 2.80. The van der Waals surface area contributed by atoms with Gasteiger partial charge < -0.3 is 4.90 Å². The number of anilines is 1. The minimum atomic E-state index is -0.721. The van der Waals surface area contributed by atoms with Crippen molar-refractivity contribution in [2.45, 2.75) is 49.3 Å². The van der Waals surface area contributed by atoms with E-state index in [1.54, 1.807) is 0 Å². The van der Waals surface area contributed by atoms with Gasteiger partial charge in [-0.2, -0.15) is 5.26 Å². The number of piperidine rings is 1. The second-order valence-electron chi connectivity index (χ2n) is 6.24. The number of nitriles is 1. The predicted molar refractivity (Wildman–Crippen MR) is 89.3 cm³/mol. The molecule has 24 heavy (non-hydrogen) atoms. The van der Waals surface area contributed by atoms with Gasteiger partial charge in [-0.1, -0.05) is 13.8 Å². The number of imide groups is 1. The van der Waals surface area contributed by atoms with Crippen molar-refractivity contribution in [3.63, 3.8) is 0 Å². The van der Waals surface area contributed by atoms with Crippen molar-refractivity contribution in [2.75, 3.05) is 11.4 Å². The van der Waals surface area contributed by atoms with Crippen LogP contribution >= 0.6 is 11.8 Å². The second-order valence-corrected chi connectivity index (χ2v) is 7.86. The topological polar surface area (TPSA) is 64.4 Å². The normalized spacial score (nSPS) is 20.5. The zero-order valence-corrected chi connectivity index (χ0v) is 14.4. The Labute approximate surface area is 144 Å². The molecule has 2 aliphatic heterocycles. The molecule has 2 saturated heterocycles. The van der Waals surface area contributed by atoms with E-state index in [4.69, 9.17) is 0 Å². The Morgan fingerprint density at radius 2 is 2.08 bits per heavy atom. The number of rotatable bonds is 3. The van der Waals surface area contributed by atoms with E-state index in [0.29, 0.717) is 17.9 Å². The number of urea groups is 1. The first kappa shape index (κ1) is 16.8. The number of thioether (sulfide) groups is 1. The van der Waals surface area contributed by atoms with Gasteiger partial charge in [-0.3, -0.25) is 4.79 Å². The number of benzene rings is 1. The summed E-state index contributed by atoms with van der Waals surface area (Å²) in [4.78, 5) is 28.2. The Morgan fingerprint density at radius 3 is 2.71 bits per heavy atom. The maximum Gasteiger partial charge on any atom is 0.332 e. The highest BCUT2D eigenvalue weighted by molar-refractivity contribution is 8.00. The summed E-state index contributed by atoms with van der Waals surface area (Å²) in [6, 6.07) is 3.58. The molecular weight excluding hydrogens is 329 g/mol. The van der Waals surface area contributed by atoms with Gasteiger partial charge in [0.2, 0.25) is 0 Å². The van der Waals surface area contributed by atoms with Crippen LogP contribution in [-0.4, -0.2) is 34.7 Å². The molecule has 0 spiro atoms. The highest BCUT2D eigenvalue weighted by Gasteiger charge is 2.47. The van der Waals surface area contributed by atoms with Gasteiger partial charge in [-0.05, 0) is 31.4 Å². The van der Waals surface area contributed by atoms with Crippen molar-refractivity contribution in [3.8, 4) is 6.07 Å². The van der Waals surface area contributed by atoms with Crippen LogP contribution in [0.3, 0.4) is 0 Å². The van der Waals surface area contributed by atoms with E-state index in [0.717, 1.165) is 23.8 Å². The van der Waals surface area contributed by atoms with Gasteiger partial charge in [0.1, 0.15) is 17.9 Å². The third-order valence-corrected chi connectivity index (χ3v) is 5.28. The standard InChI is InChI=1S/C17H18FN3O2S/c1-10(2)24-15-8-14(12(18)7-11(15)9-19)21-16(22)13-5-3-4-6-20(13)17(21)23/h7-8,10,13H,3-6H2,1-2H3. The summed E-state index contributed by atoms with van der Waals surface area (Å²) in [6.45, 7) is 4.44. The number of carbonyl (C=O) groups excluding carboxylic acids is 2. The molecule has 0 aliphatic carbocycles. The third kappa shape index (κ3) is 2.75. The van der Waals surface area contributed by atoms with Gasteiger partial charge in [0.15, 0.2) is 0 Å². The maximum absolute atomic E-state index is 14.5. The van der Waals surface area contributed by atoms with Crippen LogP contribution in [0.2, 0.25) is 0 Å². The Bertz CT molecular complexity index is 720. The van der Waals surface area contributed by atoms with Gasteiger partial charge in [-0.15, -0.1) is 11.8 Å². The average molecular weight is 347 g/mol. The first-order valence-electron chi connectivity index (χ1n) is 7.99. The van der Waals surface area contributed by atoms with Crippen molar-refractivity contribution in [2.24, 2.45) is 0 Å². The lowest BCUT2D eigenvalue weighted by molar-refractivity contribution is -0.120. The molecule has 1 atom stereocenters. The van der Waals surface area contributed by atoms with E-state index in [-0.39, 0.29) is 22.4 Å². The van der Waals surface area contributed by atoms with Gasteiger partial charge in [0, 0.05) is 16.7 Å². The van der Waals surface area contributed by atoms with Crippen molar-refractivity contribution in [3.05, 3.63) is 23.5 Å². The highest BCUT2D eigenvalue weighted by Crippen LogP contribution is 2.36. The molecule has 0 radical (unpaired) electrons. The van der Waals surface area contributed by atoms with Crippen molar-refractivity contribution >= 4 is 29.4 Å². The molecule has 0 N–H and O–H groups in total. The lowest BCUT2D eigenvalue weighted by Crippen LogP contribution is -2.39. The molecule has 0 bridgehead atoms. The molecular formula is C17H18FN3O2S. The molecule has 0 saturated carbocycles. The Hall–Kier alpha value is -2.07. The Kier molecular flexibility index (Phi) is 4.50. The number of fused-ring (bicyclic) bond motifs is 1. The molecule has 1 aromatic rings. The minimum Gasteiger partial charge on any atom is -0.312 e. The number of hydrogen-bond donors (Lipinski definition) is 0. The minimum absolute atomic E-state index is 0.0541. The Morgan fingerprint density at radius 1 is 1.33 bits per heavy atom. The first-order chi connectivity index (χ1) is 11.4. The lowest BCUT2D eigenvalue weighted by Gasteiger charge is -2.26. The quantitative estimate of drug-likeness (QED) is 0.620. The van der Waals surface area contributed by atoms with Crippen LogP contribution in [0.4, 0.5) is 14.9 Å². The zero-order chi connectivity index (χ0) is 17.4. The van der Waals surface area contributed by atoms with E-state index < -0.39 is 17.9 Å². The fourth-order valence-electron chi connectivity index (χ4n) is 3.16. The third-order valence-electron chi connectivity index (χ3n) is 4.22. The maximum atomic E-state index is 14.5. The molecule has 7 heteroatoms. The van der Waals surface area contributed by atoms with Crippen LogP contribution in [0.5, 0.6) is 0 Å². The number of hydrogen-bond acceptors (Lipinski definition) is 4. The fraction of sp³-hybridized carbons (Fsp3) is 0.471. The molecule has 3 amide bonds. The van der Waals surface area contributed by atoms with Gasteiger partial charge >= 0.3 is 6.03 Å². The van der Waals surface area contributed by atoms with E-state index in [9.17, 15) is 19.2 Å². The molecule has 0 aromatic heterocycles. The molecule has 3 rings (SSSR count). The molecule has 1 aromatic carbocycles. The van der Waals surface area contributed by atoms with Gasteiger partial charge in [0.25, 0.3) is 5.91 Å². The van der Waals surface area contributed by atoms with Crippen molar-refractivity contribution in [1.82, 2.24) is 4.90 Å². The van der Waals surface area contributed by atoms with Gasteiger partial charge in [-0.25, -0.2) is 14.1 Å². The predicted octanol–water partition coefficient (Wildman–Crippen LogP) is 3.52. The van der Waals surface area contributed by atoms with Crippen LogP contribution in [-0.2, 0) is 4.79 Å². The smallest absolute Gasteiger partial charge is 0.312 e. The summed E-state index contributed by atoms with van der Waals surface area (Å²) < 4.78 is 14.5. The van der Waals surface area contributed by atoms with E-state index in [1.165, 1.54) is 22.7 Å². The van der Waals surface area contributed by atoms with Crippen molar-refractivity contribution in [1.29, 1.82) is 5.26 Å². The molecule has 2 aliphatic rings. The number of nitrogens with zero attached hydrogens (tertiary/aromatic N) is 3. The Balaban J connectivity index is 2.04. The molecule has 5 nitrogen and oxygen atoms in total. The summed E-state index contributed by atoms with van der Waals surface area (Å²) in [6.07, 6.45) is 2.36. The SMILES string of the molecule is CC(C)Sc1cc(N2C(=O)C3CCCCN3C2=O)c(F)cc1C#N. The number of halogens is 1. The van der Waals surface area contributed by atoms with Crippen LogP contribution in [0, 0.1) is 17.1 Å². The second kappa shape index (κ2) is 6.44. The summed E-state index contributed by atoms with van der Waals surface area (Å²) in [5, 5.41) is 9.39. The largest absolute Gasteiger partial charge is 0.332 e. The first-order valence-corrected chi connectivity index (χ1v) is 8.87. The summed E-state index contributed by atoms with van der Waals surface area (Å²) in [5.41, 5.74) is 0.160. The van der Waals surface area contributed by atoms with E-state index in [2.05, 4.69) is 0 Å². The molecule has 126 valence electrons. The highest BCUT2D eigenvalue weighted by atomic mass is 32.2. The number of amides is 3. The summed E-state index contributed by atoms with van der Waals surface area (Å²) in [5.74, 6) is -1.09. The molecule has 2 heterocycles. The molecule has 2 fully saturated rings. The van der Waals surface area contributed by atoms with Crippen molar-refractivity contribution < 1.29 is 14.0 Å². The van der Waals surface area contributed by atoms with E-state index >= 15 is 0 Å². The van der Waals surface area contributed by atoms with Gasteiger partial charge in [0.05, 0.1) is 11.3 Å². The van der Waals surface area contributed by atoms with Crippen LogP contribution in [0.1, 0.15) is 38.7 Å². The molecule has 1 unspecified atom stereocenters. The lowest BCUT2D eigenvalue weighted by atomic mass is 10.0. The number of carbonyl (C=O) groups is 2.